The molecule has 1 fully saturated rings. The van der Waals surface area contributed by atoms with Crippen LogP contribution in [0.4, 0.5) is 0 Å². The third-order valence-corrected chi connectivity index (χ3v) is 3.76. The van der Waals surface area contributed by atoms with Crippen LogP contribution in [0.25, 0.3) is 0 Å². The van der Waals surface area contributed by atoms with E-state index in [0.29, 0.717) is 49.8 Å². The number of hydrogen-bond donors (Lipinski definition) is 0. The lowest BCUT2D eigenvalue weighted by atomic mass is 10.1. The number of carbonyl (C=O) groups is 3. The minimum atomic E-state index is -0.703. The first-order valence-electron chi connectivity index (χ1n) is 7.58. The lowest BCUT2D eigenvalue weighted by Gasteiger charge is -2.21. The predicted octanol–water partition coefficient (Wildman–Crippen LogP) is 0.772. The van der Waals surface area contributed by atoms with Gasteiger partial charge in [-0.05, 0) is 18.6 Å². The molecule has 1 saturated heterocycles. The summed E-state index contributed by atoms with van der Waals surface area (Å²) in [4.78, 5) is 36.7. The van der Waals surface area contributed by atoms with Crippen molar-refractivity contribution in [1.29, 1.82) is 0 Å². The molecule has 0 N–H and O–H groups in total. The fourth-order valence-corrected chi connectivity index (χ4v) is 2.59. The van der Waals surface area contributed by atoms with E-state index in [1.807, 2.05) is 0 Å². The second kappa shape index (κ2) is 6.77. The van der Waals surface area contributed by atoms with E-state index < -0.39 is 18.5 Å². The molecule has 2 aliphatic rings. The van der Waals surface area contributed by atoms with E-state index in [9.17, 15) is 14.4 Å². The van der Waals surface area contributed by atoms with Crippen molar-refractivity contribution in [2.45, 2.75) is 12.8 Å². The second-order valence-corrected chi connectivity index (χ2v) is 5.32. The Morgan fingerprint density at radius 1 is 1.25 bits per heavy atom. The molecule has 3 rings (SSSR count). The summed E-state index contributed by atoms with van der Waals surface area (Å²) in [6.07, 6.45) is 0.983. The first-order chi connectivity index (χ1) is 11.6. The van der Waals surface area contributed by atoms with Gasteiger partial charge in [-0.1, -0.05) is 0 Å². The smallest absolute Gasteiger partial charge is 0.338 e. The maximum absolute atomic E-state index is 12.2. The topological polar surface area (TPSA) is 91.4 Å². The summed E-state index contributed by atoms with van der Waals surface area (Å²) < 4.78 is 21.1. The molecule has 8 heteroatoms. The SMILES string of the molecule is COc1cc(C(=O)OCC(=O)N2CCCC2=O)cc2c1OCCO2. The molecule has 0 spiro atoms. The van der Waals surface area contributed by atoms with Gasteiger partial charge in [0.15, 0.2) is 18.1 Å². The van der Waals surface area contributed by atoms with Gasteiger partial charge in [0.1, 0.15) is 13.2 Å². The lowest BCUT2D eigenvalue weighted by molar-refractivity contribution is -0.143. The summed E-state index contributed by atoms with van der Waals surface area (Å²) in [7, 11) is 1.45. The first-order valence-corrected chi connectivity index (χ1v) is 7.58. The second-order valence-electron chi connectivity index (χ2n) is 5.32. The number of benzene rings is 1. The molecule has 0 unspecified atom stereocenters. The Morgan fingerprint density at radius 3 is 2.75 bits per heavy atom. The number of esters is 1. The van der Waals surface area contributed by atoms with Gasteiger partial charge in [-0.2, -0.15) is 0 Å². The van der Waals surface area contributed by atoms with E-state index in [0.717, 1.165) is 4.90 Å². The van der Waals surface area contributed by atoms with Gasteiger partial charge in [-0.3, -0.25) is 14.5 Å². The Kier molecular flexibility index (Phi) is 4.54. The minimum absolute atomic E-state index is 0.177. The number of fused-ring (bicyclic) bond motifs is 1. The molecule has 2 amide bonds. The van der Waals surface area contributed by atoms with Crippen LogP contribution in [0.5, 0.6) is 17.2 Å². The van der Waals surface area contributed by atoms with Gasteiger partial charge in [0.2, 0.25) is 11.7 Å². The number of hydrogen-bond acceptors (Lipinski definition) is 7. The van der Waals surface area contributed by atoms with Gasteiger partial charge < -0.3 is 18.9 Å². The summed E-state index contributed by atoms with van der Waals surface area (Å²) in [5.41, 5.74) is 0.177. The van der Waals surface area contributed by atoms with Crippen LogP contribution in [0.3, 0.4) is 0 Å². The van der Waals surface area contributed by atoms with E-state index in [1.165, 1.54) is 19.2 Å². The third-order valence-electron chi connectivity index (χ3n) is 3.76. The molecule has 0 atom stereocenters. The zero-order chi connectivity index (χ0) is 17.1. The van der Waals surface area contributed by atoms with Gasteiger partial charge in [0.05, 0.1) is 12.7 Å². The van der Waals surface area contributed by atoms with Crippen molar-refractivity contribution in [3.63, 3.8) is 0 Å². The van der Waals surface area contributed by atoms with Crippen molar-refractivity contribution in [3.8, 4) is 17.2 Å². The molecule has 0 saturated carbocycles. The monoisotopic (exact) mass is 335 g/mol. The van der Waals surface area contributed by atoms with Crippen molar-refractivity contribution >= 4 is 17.8 Å². The van der Waals surface area contributed by atoms with Crippen molar-refractivity contribution < 1.29 is 33.3 Å². The highest BCUT2D eigenvalue weighted by atomic mass is 16.6. The molecular weight excluding hydrogens is 318 g/mol. The third kappa shape index (κ3) is 3.12. The molecule has 8 nitrogen and oxygen atoms in total. The fourth-order valence-electron chi connectivity index (χ4n) is 2.59. The molecule has 2 heterocycles. The molecule has 0 radical (unpaired) electrons. The van der Waals surface area contributed by atoms with Crippen molar-refractivity contribution in [1.82, 2.24) is 4.90 Å². The number of methoxy groups -OCH3 is 1. The summed E-state index contributed by atoms with van der Waals surface area (Å²) in [6, 6.07) is 2.94. The van der Waals surface area contributed by atoms with Crippen LogP contribution in [-0.2, 0) is 14.3 Å². The Morgan fingerprint density at radius 2 is 2.04 bits per heavy atom. The van der Waals surface area contributed by atoms with Crippen molar-refractivity contribution in [2.24, 2.45) is 0 Å². The summed E-state index contributed by atoms with van der Waals surface area (Å²) in [6.45, 7) is 0.643. The predicted molar refractivity (Wildman–Crippen MR) is 80.2 cm³/mol. The van der Waals surface area contributed by atoms with Gasteiger partial charge >= 0.3 is 5.97 Å². The Balaban J connectivity index is 1.68. The maximum Gasteiger partial charge on any atom is 0.338 e. The number of carbonyl (C=O) groups excluding carboxylic acids is 3. The van der Waals surface area contributed by atoms with Crippen LogP contribution in [-0.4, -0.2) is 56.2 Å². The number of imide groups is 1. The van der Waals surface area contributed by atoms with Crippen molar-refractivity contribution in [2.75, 3.05) is 33.5 Å². The molecule has 128 valence electrons. The highest BCUT2D eigenvalue weighted by Gasteiger charge is 2.27. The van der Waals surface area contributed by atoms with E-state index in [2.05, 4.69) is 0 Å². The Hall–Kier alpha value is -2.77. The number of likely N-dealkylation sites (tertiary alicyclic amines) is 1. The summed E-state index contributed by atoms with van der Waals surface area (Å²) in [5, 5.41) is 0. The van der Waals surface area contributed by atoms with Gasteiger partial charge in [-0.25, -0.2) is 4.79 Å². The maximum atomic E-state index is 12.2. The average molecular weight is 335 g/mol. The first kappa shape index (κ1) is 16.1. The zero-order valence-corrected chi connectivity index (χ0v) is 13.2. The quantitative estimate of drug-likeness (QED) is 0.751. The molecule has 24 heavy (non-hydrogen) atoms. The van der Waals surface area contributed by atoms with E-state index >= 15 is 0 Å². The average Bonchev–Trinajstić information content (AvgIpc) is 3.04. The summed E-state index contributed by atoms with van der Waals surface area (Å²) >= 11 is 0. The Bertz CT molecular complexity index is 668. The molecular formula is C16H17NO7. The molecule has 0 aliphatic carbocycles. The largest absolute Gasteiger partial charge is 0.493 e. The standard InChI is InChI=1S/C16H17NO7/c1-21-11-7-10(8-12-15(11)23-6-5-22-12)16(20)24-9-14(19)17-4-2-3-13(17)18/h7-8H,2-6,9H2,1H3. The van der Waals surface area contributed by atoms with E-state index in [4.69, 9.17) is 18.9 Å². The zero-order valence-electron chi connectivity index (χ0n) is 13.2. The van der Waals surface area contributed by atoms with Crippen LogP contribution >= 0.6 is 0 Å². The van der Waals surface area contributed by atoms with Gasteiger partial charge in [0.25, 0.3) is 5.91 Å². The molecule has 1 aromatic carbocycles. The number of amides is 2. The Labute approximate surface area is 138 Å². The highest BCUT2D eigenvalue weighted by Crippen LogP contribution is 2.40. The molecule has 1 aromatic rings. The fraction of sp³-hybridized carbons (Fsp3) is 0.438. The number of rotatable bonds is 4. The number of ether oxygens (including phenoxy) is 4. The number of nitrogens with zero attached hydrogens (tertiary/aromatic N) is 1. The van der Waals surface area contributed by atoms with Gasteiger partial charge in [0, 0.05) is 13.0 Å². The van der Waals surface area contributed by atoms with E-state index in [1.54, 1.807) is 0 Å². The van der Waals surface area contributed by atoms with Crippen LogP contribution in [0.15, 0.2) is 12.1 Å². The summed E-state index contributed by atoms with van der Waals surface area (Å²) in [5.74, 6) is -0.300. The van der Waals surface area contributed by atoms with Crippen LogP contribution in [0, 0.1) is 0 Å². The minimum Gasteiger partial charge on any atom is -0.493 e. The molecule has 2 aliphatic heterocycles. The van der Waals surface area contributed by atoms with Gasteiger partial charge in [-0.15, -0.1) is 0 Å². The normalized spacial score (nSPS) is 16.0. The van der Waals surface area contributed by atoms with Crippen molar-refractivity contribution in [3.05, 3.63) is 17.7 Å². The molecule has 0 bridgehead atoms. The van der Waals surface area contributed by atoms with Crippen LogP contribution < -0.4 is 14.2 Å². The van der Waals surface area contributed by atoms with E-state index in [-0.39, 0.29) is 11.5 Å². The van der Waals surface area contributed by atoms with Crippen LogP contribution in [0.1, 0.15) is 23.2 Å². The highest BCUT2D eigenvalue weighted by molar-refractivity contribution is 5.99. The van der Waals surface area contributed by atoms with Crippen LogP contribution in [0.2, 0.25) is 0 Å². The molecule has 0 aromatic heterocycles. The lowest BCUT2D eigenvalue weighted by Crippen LogP contribution is -2.35.